The SMILES string of the molecule is O=C(Cc1ccccc1Br)NCc1ccc(Cl)cc1. The van der Waals surface area contributed by atoms with Crippen molar-refractivity contribution in [3.63, 3.8) is 0 Å². The van der Waals surface area contributed by atoms with E-state index in [1.807, 2.05) is 48.5 Å². The minimum absolute atomic E-state index is 0.00171. The van der Waals surface area contributed by atoms with Crippen LogP contribution in [0.3, 0.4) is 0 Å². The van der Waals surface area contributed by atoms with E-state index >= 15 is 0 Å². The van der Waals surface area contributed by atoms with Crippen molar-refractivity contribution in [1.82, 2.24) is 5.32 Å². The molecule has 1 N–H and O–H groups in total. The minimum atomic E-state index is 0.00171. The molecule has 4 heteroatoms. The third kappa shape index (κ3) is 4.37. The Morgan fingerprint density at radius 3 is 2.47 bits per heavy atom. The lowest BCUT2D eigenvalue weighted by molar-refractivity contribution is -0.120. The lowest BCUT2D eigenvalue weighted by Gasteiger charge is -2.07. The van der Waals surface area contributed by atoms with Gasteiger partial charge in [-0.25, -0.2) is 0 Å². The number of benzene rings is 2. The third-order valence-corrected chi connectivity index (χ3v) is 3.74. The molecule has 0 unspecified atom stereocenters. The van der Waals surface area contributed by atoms with Crippen LogP contribution in [0.5, 0.6) is 0 Å². The Kier molecular flexibility index (Phi) is 5.00. The largest absolute Gasteiger partial charge is 0.352 e. The third-order valence-electron chi connectivity index (χ3n) is 2.71. The van der Waals surface area contributed by atoms with Crippen molar-refractivity contribution in [3.05, 3.63) is 69.2 Å². The lowest BCUT2D eigenvalue weighted by Crippen LogP contribution is -2.24. The molecule has 0 bridgehead atoms. The number of rotatable bonds is 4. The van der Waals surface area contributed by atoms with Gasteiger partial charge >= 0.3 is 0 Å². The molecular weight excluding hydrogens is 326 g/mol. The summed E-state index contributed by atoms with van der Waals surface area (Å²) in [5.41, 5.74) is 2.01. The van der Waals surface area contributed by atoms with E-state index in [-0.39, 0.29) is 5.91 Å². The molecule has 0 aromatic heterocycles. The Morgan fingerprint density at radius 2 is 1.79 bits per heavy atom. The van der Waals surface area contributed by atoms with Crippen LogP contribution < -0.4 is 5.32 Å². The Labute approximate surface area is 125 Å². The van der Waals surface area contributed by atoms with Crippen LogP contribution in [0.25, 0.3) is 0 Å². The summed E-state index contributed by atoms with van der Waals surface area (Å²) in [5, 5.41) is 3.59. The van der Waals surface area contributed by atoms with Crippen LogP contribution in [0.1, 0.15) is 11.1 Å². The number of nitrogens with one attached hydrogen (secondary N) is 1. The fraction of sp³-hybridized carbons (Fsp3) is 0.133. The molecule has 0 saturated heterocycles. The van der Waals surface area contributed by atoms with Crippen LogP contribution in [-0.4, -0.2) is 5.91 Å². The summed E-state index contributed by atoms with van der Waals surface area (Å²) in [6.45, 7) is 0.514. The van der Waals surface area contributed by atoms with E-state index < -0.39 is 0 Å². The van der Waals surface area contributed by atoms with Crippen LogP contribution in [0, 0.1) is 0 Å². The summed E-state index contributed by atoms with van der Waals surface area (Å²) < 4.78 is 0.955. The maximum Gasteiger partial charge on any atom is 0.224 e. The second-order valence-corrected chi connectivity index (χ2v) is 5.46. The fourth-order valence-electron chi connectivity index (χ4n) is 1.68. The van der Waals surface area contributed by atoms with Gasteiger partial charge in [0.15, 0.2) is 0 Å². The molecule has 2 aromatic rings. The van der Waals surface area contributed by atoms with Crippen LogP contribution in [0.2, 0.25) is 5.02 Å². The van der Waals surface area contributed by atoms with Crippen LogP contribution in [0.15, 0.2) is 53.0 Å². The van der Waals surface area contributed by atoms with E-state index in [0.717, 1.165) is 15.6 Å². The number of amides is 1. The maximum atomic E-state index is 11.8. The Hall–Kier alpha value is -1.32. The van der Waals surface area contributed by atoms with Crippen molar-refractivity contribution in [2.24, 2.45) is 0 Å². The highest BCUT2D eigenvalue weighted by molar-refractivity contribution is 9.10. The van der Waals surface area contributed by atoms with E-state index in [2.05, 4.69) is 21.2 Å². The number of carbonyl (C=O) groups excluding carboxylic acids is 1. The molecule has 0 heterocycles. The van der Waals surface area contributed by atoms with Gasteiger partial charge in [0.25, 0.3) is 0 Å². The molecule has 0 spiro atoms. The van der Waals surface area contributed by atoms with Crippen molar-refractivity contribution >= 4 is 33.4 Å². The van der Waals surface area contributed by atoms with Gasteiger partial charge in [0.1, 0.15) is 0 Å². The first kappa shape index (κ1) is 14.1. The van der Waals surface area contributed by atoms with Gasteiger partial charge in [-0.2, -0.15) is 0 Å². The zero-order valence-electron chi connectivity index (χ0n) is 10.2. The molecule has 0 radical (unpaired) electrons. The Morgan fingerprint density at radius 1 is 1.11 bits per heavy atom. The topological polar surface area (TPSA) is 29.1 Å². The fourth-order valence-corrected chi connectivity index (χ4v) is 2.23. The molecular formula is C15H13BrClNO. The number of hydrogen-bond donors (Lipinski definition) is 1. The molecule has 0 aliphatic heterocycles. The predicted octanol–water partition coefficient (Wildman–Crippen LogP) is 3.96. The molecule has 2 aromatic carbocycles. The van der Waals surface area contributed by atoms with Gasteiger partial charge in [0.2, 0.25) is 5.91 Å². The number of halogens is 2. The van der Waals surface area contributed by atoms with E-state index in [1.165, 1.54) is 0 Å². The Balaban J connectivity index is 1.88. The first-order valence-corrected chi connectivity index (χ1v) is 7.07. The van der Waals surface area contributed by atoms with Gasteiger partial charge in [-0.05, 0) is 29.3 Å². The average Bonchev–Trinajstić information content (AvgIpc) is 2.41. The van der Waals surface area contributed by atoms with Gasteiger partial charge in [-0.1, -0.05) is 57.9 Å². The van der Waals surface area contributed by atoms with Crippen molar-refractivity contribution in [3.8, 4) is 0 Å². The Bertz CT molecular complexity index is 569. The van der Waals surface area contributed by atoms with Gasteiger partial charge in [-0.3, -0.25) is 4.79 Å². The average molecular weight is 339 g/mol. The van der Waals surface area contributed by atoms with Gasteiger partial charge in [0.05, 0.1) is 6.42 Å². The summed E-state index contributed by atoms with van der Waals surface area (Å²) in [5.74, 6) is 0.00171. The second kappa shape index (κ2) is 6.73. The molecule has 0 saturated carbocycles. The van der Waals surface area contributed by atoms with E-state index in [0.29, 0.717) is 18.0 Å². The van der Waals surface area contributed by atoms with Crippen molar-refractivity contribution < 1.29 is 4.79 Å². The highest BCUT2D eigenvalue weighted by Crippen LogP contribution is 2.16. The standard InChI is InChI=1S/C15H13BrClNO/c16-14-4-2-1-3-12(14)9-15(19)18-10-11-5-7-13(17)8-6-11/h1-8H,9-10H2,(H,18,19). The molecule has 0 aliphatic rings. The predicted molar refractivity (Wildman–Crippen MR) is 81.1 cm³/mol. The molecule has 0 fully saturated rings. The van der Waals surface area contributed by atoms with Gasteiger partial charge in [-0.15, -0.1) is 0 Å². The number of hydrogen-bond acceptors (Lipinski definition) is 1. The van der Waals surface area contributed by atoms with Gasteiger partial charge in [0, 0.05) is 16.0 Å². The summed E-state index contributed by atoms with van der Waals surface area (Å²) in [4.78, 5) is 11.8. The van der Waals surface area contributed by atoms with Crippen molar-refractivity contribution in [2.45, 2.75) is 13.0 Å². The first-order valence-electron chi connectivity index (χ1n) is 5.90. The quantitative estimate of drug-likeness (QED) is 0.898. The summed E-state index contributed by atoms with van der Waals surface area (Å²) >= 11 is 9.24. The number of carbonyl (C=O) groups is 1. The lowest BCUT2D eigenvalue weighted by atomic mass is 10.1. The molecule has 19 heavy (non-hydrogen) atoms. The molecule has 2 nitrogen and oxygen atoms in total. The molecule has 98 valence electrons. The van der Waals surface area contributed by atoms with Gasteiger partial charge < -0.3 is 5.32 Å². The summed E-state index contributed by atoms with van der Waals surface area (Å²) in [7, 11) is 0. The van der Waals surface area contributed by atoms with Crippen LogP contribution in [-0.2, 0) is 17.8 Å². The zero-order chi connectivity index (χ0) is 13.7. The van der Waals surface area contributed by atoms with E-state index in [4.69, 9.17) is 11.6 Å². The minimum Gasteiger partial charge on any atom is -0.352 e. The molecule has 1 amide bonds. The molecule has 0 aliphatic carbocycles. The monoisotopic (exact) mass is 337 g/mol. The highest BCUT2D eigenvalue weighted by Gasteiger charge is 2.05. The highest BCUT2D eigenvalue weighted by atomic mass is 79.9. The summed E-state index contributed by atoms with van der Waals surface area (Å²) in [6, 6.07) is 15.2. The molecule has 0 atom stereocenters. The normalized spacial score (nSPS) is 10.2. The summed E-state index contributed by atoms with van der Waals surface area (Å²) in [6.07, 6.45) is 0.370. The van der Waals surface area contributed by atoms with E-state index in [1.54, 1.807) is 0 Å². The van der Waals surface area contributed by atoms with Crippen molar-refractivity contribution in [1.29, 1.82) is 0 Å². The second-order valence-electron chi connectivity index (χ2n) is 4.17. The smallest absolute Gasteiger partial charge is 0.224 e. The zero-order valence-corrected chi connectivity index (χ0v) is 12.5. The van der Waals surface area contributed by atoms with Crippen LogP contribution in [0.4, 0.5) is 0 Å². The maximum absolute atomic E-state index is 11.8. The van der Waals surface area contributed by atoms with Crippen LogP contribution >= 0.6 is 27.5 Å². The molecule has 2 rings (SSSR count). The van der Waals surface area contributed by atoms with Crippen molar-refractivity contribution in [2.75, 3.05) is 0 Å². The van der Waals surface area contributed by atoms with E-state index in [9.17, 15) is 4.79 Å². The first-order chi connectivity index (χ1) is 9.15.